The summed E-state index contributed by atoms with van der Waals surface area (Å²) in [5.74, 6) is 1.82. The largest absolute Gasteiger partial charge is 0.486 e. The second-order valence-electron chi connectivity index (χ2n) is 9.43. The third-order valence-electron chi connectivity index (χ3n) is 6.43. The Morgan fingerprint density at radius 2 is 1.35 bits per heavy atom. The van der Waals surface area contributed by atoms with Crippen LogP contribution in [0.4, 0.5) is 11.5 Å². The van der Waals surface area contributed by atoms with Crippen LogP contribution in [0.2, 0.25) is 0 Å². The van der Waals surface area contributed by atoms with Crippen LogP contribution in [0.25, 0.3) is 10.9 Å². The lowest BCUT2D eigenvalue weighted by Gasteiger charge is -2.18. The summed E-state index contributed by atoms with van der Waals surface area (Å²) in [7, 11) is 0. The highest BCUT2D eigenvalue weighted by atomic mass is 16.6. The maximum Gasteiger partial charge on any atom is 0.251 e. The molecule has 2 amide bonds. The Kier molecular flexibility index (Phi) is 6.69. The summed E-state index contributed by atoms with van der Waals surface area (Å²) < 4.78 is 23.6. The van der Waals surface area contributed by atoms with Crippen molar-refractivity contribution in [2.24, 2.45) is 0 Å². The second-order valence-corrected chi connectivity index (χ2v) is 9.43. The first-order chi connectivity index (χ1) is 19.4. The Bertz CT molecular complexity index is 1650. The van der Waals surface area contributed by atoms with E-state index in [0.29, 0.717) is 66.0 Å². The first-order valence-electron chi connectivity index (χ1n) is 12.8. The van der Waals surface area contributed by atoms with Crippen LogP contribution in [-0.2, 0) is 22.4 Å². The van der Waals surface area contributed by atoms with Crippen LogP contribution in [0.5, 0.6) is 23.0 Å². The molecule has 2 N–H and O–H groups in total. The molecule has 0 saturated heterocycles. The molecule has 4 aromatic rings. The Morgan fingerprint density at radius 3 is 1.98 bits per heavy atom. The van der Waals surface area contributed by atoms with Gasteiger partial charge in [0.25, 0.3) is 5.91 Å². The van der Waals surface area contributed by atoms with Crippen molar-refractivity contribution in [2.75, 3.05) is 37.1 Å². The van der Waals surface area contributed by atoms with Crippen LogP contribution in [-0.4, -0.2) is 53.9 Å². The normalized spacial score (nSPS) is 13.5. The van der Waals surface area contributed by atoms with E-state index in [2.05, 4.69) is 15.7 Å². The van der Waals surface area contributed by atoms with Crippen molar-refractivity contribution in [3.8, 4) is 23.0 Å². The number of carbonyl (C=O) groups is 3. The molecule has 11 heteroatoms. The van der Waals surface area contributed by atoms with Crippen LogP contribution in [0.15, 0.2) is 54.6 Å². The molecule has 0 aliphatic carbocycles. The number of hydrogen-bond acceptors (Lipinski definition) is 8. The number of nitrogens with one attached hydrogen (secondary N) is 2. The molecule has 3 aromatic carbocycles. The number of benzene rings is 3. The van der Waals surface area contributed by atoms with Crippen LogP contribution in [0, 0.1) is 0 Å². The van der Waals surface area contributed by atoms with E-state index in [1.807, 2.05) is 0 Å². The summed E-state index contributed by atoms with van der Waals surface area (Å²) >= 11 is 0. The van der Waals surface area contributed by atoms with Crippen molar-refractivity contribution in [2.45, 2.75) is 19.8 Å². The fraction of sp³-hybridized carbons (Fsp3) is 0.241. The van der Waals surface area contributed by atoms with Crippen molar-refractivity contribution < 1.29 is 33.3 Å². The second kappa shape index (κ2) is 10.6. The predicted octanol–water partition coefficient (Wildman–Crippen LogP) is 3.60. The molecule has 11 nitrogen and oxygen atoms in total. The highest BCUT2D eigenvalue weighted by Gasteiger charge is 2.21. The number of carbonyl (C=O) groups excluding carboxylic acids is 3. The summed E-state index contributed by atoms with van der Waals surface area (Å²) in [6, 6.07) is 15.8. The fourth-order valence-corrected chi connectivity index (χ4v) is 4.68. The van der Waals surface area contributed by atoms with Crippen LogP contribution < -0.4 is 29.6 Å². The summed E-state index contributed by atoms with van der Waals surface area (Å²) in [4.78, 5) is 38.1. The molecule has 0 unspecified atom stereocenters. The molecule has 6 rings (SSSR count). The number of amides is 2. The predicted molar refractivity (Wildman–Crippen MR) is 146 cm³/mol. The van der Waals surface area contributed by atoms with Crippen molar-refractivity contribution in [1.82, 2.24) is 9.78 Å². The van der Waals surface area contributed by atoms with E-state index in [9.17, 15) is 14.4 Å². The van der Waals surface area contributed by atoms with E-state index in [-0.39, 0.29) is 36.4 Å². The van der Waals surface area contributed by atoms with E-state index >= 15 is 0 Å². The van der Waals surface area contributed by atoms with E-state index in [0.717, 1.165) is 11.1 Å². The molecule has 0 saturated carbocycles. The number of hydrogen-bond donors (Lipinski definition) is 2. The van der Waals surface area contributed by atoms with E-state index in [1.165, 1.54) is 11.6 Å². The molecule has 1 aromatic heterocycles. The molecule has 0 radical (unpaired) electrons. The van der Waals surface area contributed by atoms with Crippen LogP contribution >= 0.6 is 0 Å². The maximum atomic E-state index is 13.5. The summed E-state index contributed by atoms with van der Waals surface area (Å²) in [6.45, 7) is 3.25. The maximum absolute atomic E-state index is 13.5. The number of ether oxygens (including phenoxy) is 4. The highest BCUT2D eigenvalue weighted by Crippen LogP contribution is 2.33. The Labute approximate surface area is 229 Å². The van der Waals surface area contributed by atoms with Gasteiger partial charge in [-0.05, 0) is 53.6 Å². The first-order valence-corrected chi connectivity index (χ1v) is 12.8. The summed E-state index contributed by atoms with van der Waals surface area (Å²) in [6.07, 6.45) is 0.0997. The van der Waals surface area contributed by atoms with Gasteiger partial charge in [-0.3, -0.25) is 14.4 Å². The molecule has 0 atom stereocenters. The molecule has 0 bridgehead atoms. The van der Waals surface area contributed by atoms with Crippen molar-refractivity contribution in [3.63, 3.8) is 0 Å². The summed E-state index contributed by atoms with van der Waals surface area (Å²) in [5, 5.41) is 10.6. The average molecular weight is 543 g/mol. The number of nitrogens with zero attached hydrogens (tertiary/aromatic N) is 2. The fourth-order valence-electron chi connectivity index (χ4n) is 4.68. The minimum absolute atomic E-state index is 0.0301. The van der Waals surface area contributed by atoms with Gasteiger partial charge >= 0.3 is 0 Å². The minimum atomic E-state index is -0.325. The zero-order valence-electron chi connectivity index (χ0n) is 21.7. The van der Waals surface area contributed by atoms with Gasteiger partial charge in [-0.1, -0.05) is 12.1 Å². The third-order valence-corrected chi connectivity index (χ3v) is 6.43. The van der Waals surface area contributed by atoms with Crippen LogP contribution in [0.1, 0.15) is 22.8 Å². The van der Waals surface area contributed by atoms with E-state index in [1.54, 1.807) is 54.6 Å². The number of rotatable bonds is 6. The number of aromatic nitrogens is 2. The van der Waals surface area contributed by atoms with Gasteiger partial charge in [0.15, 0.2) is 28.8 Å². The van der Waals surface area contributed by atoms with Gasteiger partial charge in [0.1, 0.15) is 26.4 Å². The smallest absolute Gasteiger partial charge is 0.251 e. The molecular formula is C29H26N4O7. The number of anilines is 2. The molecule has 204 valence electrons. The molecular weight excluding hydrogens is 516 g/mol. The molecule has 2 aliphatic rings. The Morgan fingerprint density at radius 1 is 0.750 bits per heavy atom. The molecule has 3 heterocycles. The third kappa shape index (κ3) is 5.26. The van der Waals surface area contributed by atoms with Gasteiger partial charge in [-0.2, -0.15) is 4.68 Å². The number of fused-ring (bicyclic) bond motifs is 3. The van der Waals surface area contributed by atoms with E-state index < -0.39 is 0 Å². The lowest BCUT2D eigenvalue weighted by atomic mass is 10.1. The highest BCUT2D eigenvalue weighted by molar-refractivity contribution is 6.05. The zero-order chi connectivity index (χ0) is 27.6. The van der Waals surface area contributed by atoms with Gasteiger partial charge in [-0.15, -0.1) is 5.10 Å². The van der Waals surface area contributed by atoms with Crippen molar-refractivity contribution in [3.05, 3.63) is 65.7 Å². The lowest BCUT2D eigenvalue weighted by Crippen LogP contribution is -2.19. The minimum Gasteiger partial charge on any atom is -0.486 e. The topological polar surface area (TPSA) is 130 Å². The van der Waals surface area contributed by atoms with Crippen molar-refractivity contribution in [1.29, 1.82) is 0 Å². The first kappa shape index (κ1) is 25.2. The van der Waals surface area contributed by atoms with Gasteiger partial charge in [0, 0.05) is 18.0 Å². The van der Waals surface area contributed by atoms with Gasteiger partial charge < -0.3 is 29.6 Å². The SMILES string of the molecule is CC(=O)Nc1ccc2c(NC(=O)Cc3ccc4c(c3)OCCO4)nn(C(=O)Cc3ccc4c(c3)OCCO4)c2c1. The molecule has 2 aliphatic heterocycles. The van der Waals surface area contributed by atoms with Gasteiger partial charge in [0.05, 0.1) is 18.4 Å². The molecule has 40 heavy (non-hydrogen) atoms. The Hall–Kier alpha value is -5.06. The quantitative estimate of drug-likeness (QED) is 0.378. The van der Waals surface area contributed by atoms with Gasteiger partial charge in [0.2, 0.25) is 11.8 Å². The van der Waals surface area contributed by atoms with E-state index in [4.69, 9.17) is 18.9 Å². The summed E-state index contributed by atoms with van der Waals surface area (Å²) in [5.41, 5.74) is 2.42. The van der Waals surface area contributed by atoms with Crippen LogP contribution in [0.3, 0.4) is 0 Å². The monoisotopic (exact) mass is 542 g/mol. The molecule has 0 fully saturated rings. The average Bonchev–Trinajstić information content (AvgIpc) is 3.30. The standard InChI is InChI=1S/C29H26N4O7/c1-17(34)30-20-4-5-21-22(16-20)33(28(36)15-19-3-7-24-26(13-19)40-11-9-38-24)32-29(21)31-27(35)14-18-2-6-23-25(12-18)39-10-8-37-23/h2-7,12-13,16H,8-11,14-15H2,1H3,(H,30,34)(H,31,32,35). The van der Waals surface area contributed by atoms with Crippen molar-refractivity contribution >= 4 is 40.1 Å². The lowest BCUT2D eigenvalue weighted by molar-refractivity contribution is -0.116. The Balaban J connectivity index is 1.27. The molecule has 0 spiro atoms. The van der Waals surface area contributed by atoms with Gasteiger partial charge in [-0.25, -0.2) is 0 Å². The zero-order valence-corrected chi connectivity index (χ0v) is 21.7.